The Labute approximate surface area is 346 Å². The second kappa shape index (κ2) is 22.9. The maximum Gasteiger partial charge on any atom is 0.139 e. The lowest BCUT2D eigenvalue weighted by molar-refractivity contribution is 0.457. The molecule has 57 heavy (non-hydrogen) atoms. The van der Waals surface area contributed by atoms with Crippen LogP contribution in [0.4, 0.5) is 0 Å². The SMILES string of the molecule is CCCCc1cc(C(C)c2nc(C(C)c3cc(CCCC)c(O)c(CCCC)c3)nc(C(C)c3cc(CCCC)c(O)c(CCCC)c3)n2)cc(CCCC)c1O. The van der Waals surface area contributed by atoms with Crippen molar-refractivity contribution in [3.8, 4) is 17.2 Å². The molecule has 6 heteroatoms. The molecule has 0 fully saturated rings. The fourth-order valence-electron chi connectivity index (χ4n) is 7.91. The molecule has 0 radical (unpaired) electrons. The molecule has 3 unspecified atom stereocenters. The number of phenolic OH excluding ortho intramolecular Hbond substituents is 3. The zero-order valence-electron chi connectivity index (χ0n) is 37.1. The highest BCUT2D eigenvalue weighted by Gasteiger charge is 2.25. The van der Waals surface area contributed by atoms with Gasteiger partial charge in [0.1, 0.15) is 34.7 Å². The number of nitrogens with zero attached hydrogens (tertiary/aromatic N) is 3. The Morgan fingerprint density at radius 1 is 0.351 bits per heavy atom. The summed E-state index contributed by atoms with van der Waals surface area (Å²) in [6, 6.07) is 13.1. The second-order valence-electron chi connectivity index (χ2n) is 16.8. The normalized spacial score (nSPS) is 13.2. The van der Waals surface area contributed by atoms with Gasteiger partial charge >= 0.3 is 0 Å². The molecule has 0 amide bonds. The molecule has 0 aliphatic rings. The molecular formula is C51H75N3O3. The van der Waals surface area contributed by atoms with Crippen LogP contribution in [0.25, 0.3) is 0 Å². The van der Waals surface area contributed by atoms with Gasteiger partial charge in [-0.05, 0) is 127 Å². The lowest BCUT2D eigenvalue weighted by Gasteiger charge is -2.22. The van der Waals surface area contributed by atoms with Crippen molar-refractivity contribution in [3.63, 3.8) is 0 Å². The first-order chi connectivity index (χ1) is 27.5. The van der Waals surface area contributed by atoms with Crippen molar-refractivity contribution < 1.29 is 15.3 Å². The largest absolute Gasteiger partial charge is 0.507 e. The van der Waals surface area contributed by atoms with Crippen LogP contribution in [-0.4, -0.2) is 30.3 Å². The van der Waals surface area contributed by atoms with Crippen molar-refractivity contribution in [2.75, 3.05) is 0 Å². The minimum atomic E-state index is -0.133. The highest BCUT2D eigenvalue weighted by atomic mass is 16.3. The van der Waals surface area contributed by atoms with Gasteiger partial charge in [0.05, 0.1) is 0 Å². The first kappa shape index (κ1) is 45.8. The number of unbranched alkanes of at least 4 members (excludes halogenated alkanes) is 6. The third-order valence-electron chi connectivity index (χ3n) is 12.0. The van der Waals surface area contributed by atoms with E-state index in [0.717, 1.165) is 183 Å². The molecule has 0 saturated carbocycles. The summed E-state index contributed by atoms with van der Waals surface area (Å²) in [5, 5.41) is 34.1. The van der Waals surface area contributed by atoms with Gasteiger partial charge in [-0.25, -0.2) is 15.0 Å². The Morgan fingerprint density at radius 2 is 0.526 bits per heavy atom. The molecule has 0 bridgehead atoms. The average Bonchev–Trinajstić information content (AvgIpc) is 3.22. The Morgan fingerprint density at radius 3 is 0.684 bits per heavy atom. The van der Waals surface area contributed by atoms with E-state index in [1.165, 1.54) is 0 Å². The standard InChI is InChI=1S/C51H75N3O3/c1-10-16-22-37-28-43(29-38(46(37)55)23-17-11-2)34(7)49-52-50(35(8)44-30-39(24-18-12-3)47(56)40(31-44)25-19-13-4)54-51(53-49)36(9)45-32-41(26-20-14-5)48(57)42(33-45)27-21-15-6/h28-36,55-57H,10-27H2,1-9H3. The molecule has 3 atom stereocenters. The van der Waals surface area contributed by atoms with Gasteiger partial charge in [0.25, 0.3) is 0 Å². The van der Waals surface area contributed by atoms with E-state index in [4.69, 9.17) is 15.0 Å². The van der Waals surface area contributed by atoms with Gasteiger partial charge < -0.3 is 15.3 Å². The van der Waals surface area contributed by atoms with Gasteiger partial charge in [-0.3, -0.25) is 0 Å². The molecule has 3 aromatic carbocycles. The van der Waals surface area contributed by atoms with E-state index in [1.54, 1.807) is 0 Å². The summed E-state index contributed by atoms with van der Waals surface area (Å²) in [5.41, 5.74) is 9.42. The van der Waals surface area contributed by atoms with E-state index in [-0.39, 0.29) is 17.8 Å². The van der Waals surface area contributed by atoms with Crippen LogP contribution in [0, 0.1) is 0 Å². The third-order valence-corrected chi connectivity index (χ3v) is 12.0. The highest BCUT2D eigenvalue weighted by Crippen LogP contribution is 2.37. The van der Waals surface area contributed by atoms with Crippen LogP contribution in [-0.2, 0) is 38.5 Å². The van der Waals surface area contributed by atoms with Gasteiger partial charge in [-0.15, -0.1) is 0 Å². The van der Waals surface area contributed by atoms with Crippen LogP contribution in [0.15, 0.2) is 36.4 Å². The lowest BCUT2D eigenvalue weighted by Crippen LogP contribution is -2.16. The average molecular weight is 778 g/mol. The third kappa shape index (κ3) is 12.1. The first-order valence-corrected chi connectivity index (χ1v) is 22.8. The molecule has 0 aliphatic carbocycles. The minimum Gasteiger partial charge on any atom is -0.507 e. The fourth-order valence-corrected chi connectivity index (χ4v) is 7.91. The van der Waals surface area contributed by atoms with E-state index in [9.17, 15) is 15.3 Å². The van der Waals surface area contributed by atoms with Crippen molar-refractivity contribution in [1.82, 2.24) is 15.0 Å². The highest BCUT2D eigenvalue weighted by molar-refractivity contribution is 5.49. The van der Waals surface area contributed by atoms with E-state index < -0.39 is 0 Å². The lowest BCUT2D eigenvalue weighted by atomic mass is 9.89. The Balaban J connectivity index is 1.94. The topological polar surface area (TPSA) is 99.4 Å². The van der Waals surface area contributed by atoms with Crippen LogP contribution in [0.2, 0.25) is 0 Å². The van der Waals surface area contributed by atoms with Gasteiger partial charge in [0.2, 0.25) is 0 Å². The molecule has 0 aliphatic heterocycles. The molecule has 1 heterocycles. The molecule has 3 N–H and O–H groups in total. The van der Waals surface area contributed by atoms with E-state index >= 15 is 0 Å². The Hall–Kier alpha value is -3.93. The fraction of sp³-hybridized carbons (Fsp3) is 0.588. The summed E-state index contributed by atoms with van der Waals surface area (Å²) >= 11 is 0. The maximum atomic E-state index is 11.4. The summed E-state index contributed by atoms with van der Waals surface area (Å²) in [7, 11) is 0. The number of rotatable bonds is 24. The van der Waals surface area contributed by atoms with E-state index in [0.29, 0.717) is 17.2 Å². The zero-order chi connectivity index (χ0) is 41.5. The Bertz CT molecular complexity index is 1550. The summed E-state index contributed by atoms with van der Waals surface area (Å²) in [4.78, 5) is 16.0. The first-order valence-electron chi connectivity index (χ1n) is 22.8. The van der Waals surface area contributed by atoms with Crippen molar-refractivity contribution >= 4 is 0 Å². The van der Waals surface area contributed by atoms with Gasteiger partial charge in [-0.2, -0.15) is 0 Å². The van der Waals surface area contributed by atoms with Gasteiger partial charge in [0.15, 0.2) is 0 Å². The summed E-state index contributed by atoms with van der Waals surface area (Å²) in [6.07, 6.45) is 17.6. The number of hydrogen-bond acceptors (Lipinski definition) is 6. The van der Waals surface area contributed by atoms with Crippen LogP contribution in [0.1, 0.15) is 225 Å². The monoisotopic (exact) mass is 778 g/mol. The number of aryl methyl sites for hydroxylation is 6. The Kier molecular flexibility index (Phi) is 18.4. The van der Waals surface area contributed by atoms with Crippen molar-refractivity contribution in [2.24, 2.45) is 0 Å². The van der Waals surface area contributed by atoms with Crippen LogP contribution < -0.4 is 0 Å². The van der Waals surface area contributed by atoms with Crippen molar-refractivity contribution in [2.45, 2.75) is 196 Å². The number of aromatic nitrogens is 3. The van der Waals surface area contributed by atoms with Crippen molar-refractivity contribution in [3.05, 3.63) is 104 Å². The molecule has 1 aromatic heterocycles. The van der Waals surface area contributed by atoms with Crippen LogP contribution in [0.3, 0.4) is 0 Å². The van der Waals surface area contributed by atoms with Gasteiger partial charge in [-0.1, -0.05) is 137 Å². The number of benzene rings is 3. The molecule has 0 saturated heterocycles. The maximum absolute atomic E-state index is 11.4. The second-order valence-corrected chi connectivity index (χ2v) is 16.8. The molecular weight excluding hydrogens is 703 g/mol. The van der Waals surface area contributed by atoms with Crippen LogP contribution in [0.5, 0.6) is 17.2 Å². The molecule has 4 aromatic rings. The predicted molar refractivity (Wildman–Crippen MR) is 238 cm³/mol. The number of phenols is 3. The summed E-state index contributed by atoms with van der Waals surface area (Å²) in [5.74, 6) is 3.13. The van der Waals surface area contributed by atoms with Crippen LogP contribution >= 0.6 is 0 Å². The summed E-state index contributed by atoms with van der Waals surface area (Å²) in [6.45, 7) is 19.7. The van der Waals surface area contributed by atoms with E-state index in [1.807, 2.05) is 0 Å². The number of hydrogen-bond donors (Lipinski definition) is 3. The molecule has 6 nitrogen and oxygen atoms in total. The van der Waals surface area contributed by atoms with Crippen molar-refractivity contribution in [1.29, 1.82) is 0 Å². The summed E-state index contributed by atoms with van der Waals surface area (Å²) < 4.78 is 0. The molecule has 312 valence electrons. The number of aromatic hydroxyl groups is 3. The smallest absolute Gasteiger partial charge is 0.139 e. The van der Waals surface area contributed by atoms with E-state index in [2.05, 4.69) is 98.7 Å². The zero-order valence-corrected chi connectivity index (χ0v) is 37.1. The molecule has 0 spiro atoms. The van der Waals surface area contributed by atoms with Gasteiger partial charge in [0, 0.05) is 17.8 Å². The minimum absolute atomic E-state index is 0.133. The predicted octanol–water partition coefficient (Wildman–Crippen LogP) is 13.5. The quantitative estimate of drug-likeness (QED) is 0.0655. The molecule has 4 rings (SSSR count).